The number of hydrogen-bond donors (Lipinski definition) is 2. The number of nitrogens with zero attached hydrogens (tertiary/aromatic N) is 2. The van der Waals surface area contributed by atoms with Crippen molar-refractivity contribution < 1.29 is 14.3 Å². The van der Waals surface area contributed by atoms with E-state index >= 15 is 0 Å². The summed E-state index contributed by atoms with van der Waals surface area (Å²) in [5.41, 5.74) is 6.15. The van der Waals surface area contributed by atoms with Gasteiger partial charge in [0.2, 0.25) is 0 Å². The molecule has 0 radical (unpaired) electrons. The van der Waals surface area contributed by atoms with Crippen molar-refractivity contribution in [2.75, 3.05) is 25.0 Å². The van der Waals surface area contributed by atoms with Gasteiger partial charge in [-0.1, -0.05) is 0 Å². The monoisotopic (exact) mass is 319 g/mol. The number of halogens is 1. The van der Waals surface area contributed by atoms with Crippen molar-refractivity contribution in [3.8, 4) is 0 Å². The van der Waals surface area contributed by atoms with Crippen LogP contribution < -0.4 is 16.2 Å². The third-order valence-electron chi connectivity index (χ3n) is 4.19. The van der Waals surface area contributed by atoms with Gasteiger partial charge in [-0.25, -0.2) is 9.18 Å². The first-order valence-corrected chi connectivity index (χ1v) is 7.47. The van der Waals surface area contributed by atoms with Crippen molar-refractivity contribution in [1.29, 1.82) is 0 Å². The molecule has 1 saturated carbocycles. The maximum atomic E-state index is 14.4. The minimum Gasteiger partial charge on any atom is -0.477 e. The highest BCUT2D eigenvalue weighted by molar-refractivity contribution is 5.88. The van der Waals surface area contributed by atoms with E-state index < -0.39 is 17.3 Å². The molecule has 0 spiro atoms. The lowest BCUT2D eigenvalue weighted by Crippen LogP contribution is -2.27. The van der Waals surface area contributed by atoms with Gasteiger partial charge in [-0.3, -0.25) is 9.20 Å². The number of hydrogen-bond acceptors (Lipinski definition) is 4. The first-order valence-electron chi connectivity index (χ1n) is 7.47. The Hall–Kier alpha value is -2.41. The lowest BCUT2D eigenvalue weighted by atomic mass is 10.1. The summed E-state index contributed by atoms with van der Waals surface area (Å²) in [6.45, 7) is 0.852. The van der Waals surface area contributed by atoms with Gasteiger partial charge in [0, 0.05) is 20.1 Å². The van der Waals surface area contributed by atoms with E-state index in [1.165, 1.54) is 6.07 Å². The predicted octanol–water partition coefficient (Wildman–Crippen LogP) is 1.41. The number of rotatable bonds is 5. The lowest BCUT2D eigenvalue weighted by molar-refractivity contribution is 0.0694. The van der Waals surface area contributed by atoms with Gasteiger partial charge in [0.15, 0.2) is 5.82 Å². The molecule has 7 heteroatoms. The number of carbonyl (C=O) groups is 1. The number of carboxylic acid groups (broad SMARTS) is 1. The Labute approximate surface area is 131 Å². The maximum Gasteiger partial charge on any atom is 0.341 e. The van der Waals surface area contributed by atoms with E-state index in [4.69, 9.17) is 5.73 Å². The van der Waals surface area contributed by atoms with Crippen LogP contribution in [0.15, 0.2) is 23.1 Å². The smallest absolute Gasteiger partial charge is 0.341 e. The quantitative estimate of drug-likeness (QED) is 0.870. The number of carboxylic acids is 1. The van der Waals surface area contributed by atoms with Gasteiger partial charge < -0.3 is 15.7 Å². The molecule has 1 fully saturated rings. The summed E-state index contributed by atoms with van der Waals surface area (Å²) < 4.78 is 15.5. The van der Waals surface area contributed by atoms with Gasteiger partial charge >= 0.3 is 5.97 Å². The van der Waals surface area contributed by atoms with E-state index in [1.807, 2.05) is 0 Å². The molecule has 0 saturated heterocycles. The minimum atomic E-state index is -1.30. The molecule has 2 aromatic rings. The molecule has 1 aliphatic carbocycles. The lowest BCUT2D eigenvalue weighted by Gasteiger charge is -2.20. The van der Waals surface area contributed by atoms with E-state index in [2.05, 4.69) is 0 Å². The number of anilines is 1. The molecule has 6 nitrogen and oxygen atoms in total. The topological polar surface area (TPSA) is 88.0 Å². The predicted molar refractivity (Wildman–Crippen MR) is 84.9 cm³/mol. The molecule has 3 N–H and O–H groups in total. The number of pyridine rings is 2. The Morgan fingerprint density at radius 2 is 2.17 bits per heavy atom. The number of likely N-dealkylation sites (N-methyl/N-ethyl adjacent to an activating group) is 1. The van der Waals surface area contributed by atoms with Crippen LogP contribution in [0.2, 0.25) is 0 Å². The summed E-state index contributed by atoms with van der Waals surface area (Å²) >= 11 is 0. The van der Waals surface area contributed by atoms with Crippen LogP contribution in [0.25, 0.3) is 5.52 Å². The third-order valence-corrected chi connectivity index (χ3v) is 4.19. The summed E-state index contributed by atoms with van der Waals surface area (Å²) in [4.78, 5) is 25.3. The SMILES string of the molecule is CN(CCN)c1cc2c(C3CC3)cc(C(=O)O)c(=O)n2cc1F. The van der Waals surface area contributed by atoms with Crippen molar-refractivity contribution in [1.82, 2.24) is 4.40 Å². The number of nitrogens with two attached hydrogens (primary N) is 1. The number of aromatic carboxylic acids is 1. The normalized spacial score (nSPS) is 14.2. The van der Waals surface area contributed by atoms with Crippen molar-refractivity contribution in [2.45, 2.75) is 18.8 Å². The zero-order chi connectivity index (χ0) is 16.7. The summed E-state index contributed by atoms with van der Waals surface area (Å²) in [5, 5.41) is 9.20. The molecular weight excluding hydrogens is 301 g/mol. The van der Waals surface area contributed by atoms with Gasteiger partial charge in [-0.05, 0) is 36.5 Å². The Bertz CT molecular complexity index is 843. The molecule has 122 valence electrons. The number of fused-ring (bicyclic) bond motifs is 1. The maximum absolute atomic E-state index is 14.4. The molecule has 0 atom stereocenters. The second kappa shape index (κ2) is 5.66. The van der Waals surface area contributed by atoms with E-state index in [9.17, 15) is 19.1 Å². The van der Waals surface area contributed by atoms with Crippen molar-refractivity contribution in [3.05, 3.63) is 45.6 Å². The van der Waals surface area contributed by atoms with Crippen LogP contribution in [0.5, 0.6) is 0 Å². The zero-order valence-electron chi connectivity index (χ0n) is 12.8. The van der Waals surface area contributed by atoms with Crippen LogP contribution in [0, 0.1) is 5.82 Å². The molecule has 0 amide bonds. The van der Waals surface area contributed by atoms with Crippen molar-refractivity contribution >= 4 is 17.2 Å². The Balaban J connectivity index is 2.29. The summed E-state index contributed by atoms with van der Waals surface area (Å²) in [6, 6.07) is 3.04. The molecule has 23 heavy (non-hydrogen) atoms. The molecule has 0 aliphatic heterocycles. The summed E-state index contributed by atoms with van der Waals surface area (Å²) in [6.07, 6.45) is 2.95. The molecular formula is C16H18FN3O3. The van der Waals surface area contributed by atoms with Crippen molar-refractivity contribution in [2.24, 2.45) is 5.73 Å². The highest BCUT2D eigenvalue weighted by Crippen LogP contribution is 2.42. The molecule has 3 rings (SSSR count). The van der Waals surface area contributed by atoms with Gasteiger partial charge in [0.25, 0.3) is 5.56 Å². The van der Waals surface area contributed by atoms with E-state index in [-0.39, 0.29) is 11.5 Å². The largest absolute Gasteiger partial charge is 0.477 e. The molecule has 0 unspecified atom stereocenters. The Kier molecular flexibility index (Phi) is 3.81. The average molecular weight is 319 g/mol. The van der Waals surface area contributed by atoms with Gasteiger partial charge in [-0.2, -0.15) is 0 Å². The van der Waals surface area contributed by atoms with Crippen LogP contribution in [-0.2, 0) is 0 Å². The summed E-state index contributed by atoms with van der Waals surface area (Å²) in [5.74, 6) is -1.65. The van der Waals surface area contributed by atoms with Crippen LogP contribution >= 0.6 is 0 Å². The fourth-order valence-corrected chi connectivity index (χ4v) is 2.81. The highest BCUT2D eigenvalue weighted by Gasteiger charge is 2.29. The van der Waals surface area contributed by atoms with Crippen LogP contribution in [0.1, 0.15) is 34.7 Å². The standard InChI is InChI=1S/C16H18FN3O3/c1-19(5-4-18)14-7-13-10(9-2-3-9)6-11(16(22)23)15(21)20(13)8-12(14)17/h6-9H,2-5,18H2,1H3,(H,22,23). The van der Waals surface area contributed by atoms with E-state index in [0.717, 1.165) is 29.0 Å². The van der Waals surface area contributed by atoms with Gasteiger partial charge in [-0.15, -0.1) is 0 Å². The van der Waals surface area contributed by atoms with Crippen LogP contribution in [0.4, 0.5) is 10.1 Å². The fourth-order valence-electron chi connectivity index (χ4n) is 2.81. The van der Waals surface area contributed by atoms with Gasteiger partial charge in [0.05, 0.1) is 17.4 Å². The highest BCUT2D eigenvalue weighted by atomic mass is 19.1. The first kappa shape index (κ1) is 15.5. The second-order valence-electron chi connectivity index (χ2n) is 5.87. The first-order chi connectivity index (χ1) is 10.9. The van der Waals surface area contributed by atoms with Crippen LogP contribution in [-0.4, -0.2) is 35.6 Å². The molecule has 0 aromatic carbocycles. The Morgan fingerprint density at radius 3 is 2.74 bits per heavy atom. The van der Waals surface area contributed by atoms with Gasteiger partial charge in [0.1, 0.15) is 5.56 Å². The molecule has 2 heterocycles. The molecule has 0 bridgehead atoms. The Morgan fingerprint density at radius 1 is 1.48 bits per heavy atom. The average Bonchev–Trinajstić information content (AvgIpc) is 3.32. The molecule has 1 aliphatic rings. The number of aromatic nitrogens is 1. The zero-order valence-corrected chi connectivity index (χ0v) is 12.8. The third kappa shape index (κ3) is 2.68. The van der Waals surface area contributed by atoms with Crippen molar-refractivity contribution in [3.63, 3.8) is 0 Å². The molecule has 2 aromatic heterocycles. The van der Waals surface area contributed by atoms with E-state index in [1.54, 1.807) is 18.0 Å². The van der Waals surface area contributed by atoms with Crippen LogP contribution in [0.3, 0.4) is 0 Å². The summed E-state index contributed by atoms with van der Waals surface area (Å²) in [7, 11) is 1.72. The minimum absolute atomic E-state index is 0.224. The second-order valence-corrected chi connectivity index (χ2v) is 5.87. The van der Waals surface area contributed by atoms with E-state index in [0.29, 0.717) is 24.3 Å². The fraction of sp³-hybridized carbons (Fsp3) is 0.375.